The van der Waals surface area contributed by atoms with E-state index in [-0.39, 0.29) is 0 Å². The molecule has 0 aliphatic rings. The highest BCUT2D eigenvalue weighted by Gasteiger charge is 2.20. The predicted molar refractivity (Wildman–Crippen MR) is 76.7 cm³/mol. The van der Waals surface area contributed by atoms with Crippen molar-refractivity contribution >= 4 is 11.6 Å². The van der Waals surface area contributed by atoms with Crippen LogP contribution in [-0.4, -0.2) is 6.54 Å². The molecular weight excluding hydrogens is 230 g/mol. The first-order valence-corrected chi connectivity index (χ1v) is 7.01. The minimum Gasteiger partial charge on any atom is -0.310 e. The second-order valence-corrected chi connectivity index (χ2v) is 5.05. The van der Waals surface area contributed by atoms with Gasteiger partial charge in [0, 0.05) is 11.1 Å². The van der Waals surface area contributed by atoms with E-state index in [1.165, 1.54) is 24.0 Å². The summed E-state index contributed by atoms with van der Waals surface area (Å²) < 4.78 is 0. The van der Waals surface area contributed by atoms with Crippen LogP contribution in [0.3, 0.4) is 0 Å². The Bertz CT molecular complexity index is 345. The lowest BCUT2D eigenvalue weighted by atomic mass is 9.87. The number of halogens is 1. The number of nitrogens with one attached hydrogen (secondary N) is 1. The molecule has 1 aromatic carbocycles. The van der Waals surface area contributed by atoms with E-state index in [0.29, 0.717) is 12.0 Å². The van der Waals surface area contributed by atoms with Crippen molar-refractivity contribution in [1.82, 2.24) is 5.32 Å². The molecule has 96 valence electrons. The highest BCUT2D eigenvalue weighted by Crippen LogP contribution is 2.30. The van der Waals surface area contributed by atoms with Crippen LogP contribution < -0.4 is 5.32 Å². The van der Waals surface area contributed by atoms with Crippen molar-refractivity contribution in [3.63, 3.8) is 0 Å². The Morgan fingerprint density at radius 2 is 1.82 bits per heavy atom. The monoisotopic (exact) mass is 253 g/mol. The van der Waals surface area contributed by atoms with Crippen molar-refractivity contribution in [2.24, 2.45) is 5.92 Å². The number of aryl methyl sites for hydroxylation is 1. The van der Waals surface area contributed by atoms with Crippen molar-refractivity contribution in [2.45, 2.75) is 46.6 Å². The lowest BCUT2D eigenvalue weighted by molar-refractivity contribution is 0.345. The van der Waals surface area contributed by atoms with Gasteiger partial charge in [-0.05, 0) is 42.6 Å². The molecule has 0 aromatic heterocycles. The van der Waals surface area contributed by atoms with Crippen molar-refractivity contribution in [3.8, 4) is 0 Å². The lowest BCUT2D eigenvalue weighted by Crippen LogP contribution is -2.28. The van der Waals surface area contributed by atoms with Gasteiger partial charge in [-0.25, -0.2) is 0 Å². The van der Waals surface area contributed by atoms with E-state index in [9.17, 15) is 0 Å². The first-order chi connectivity index (χ1) is 8.13. The Hall–Kier alpha value is -0.530. The molecule has 1 aromatic rings. The molecule has 0 aliphatic heterocycles. The number of hydrogen-bond donors (Lipinski definition) is 1. The summed E-state index contributed by atoms with van der Waals surface area (Å²) in [7, 11) is 0. The van der Waals surface area contributed by atoms with E-state index in [0.717, 1.165) is 11.6 Å². The third-order valence-electron chi connectivity index (χ3n) is 3.51. The molecule has 1 N–H and O–H groups in total. The quantitative estimate of drug-likeness (QED) is 0.773. The van der Waals surface area contributed by atoms with Gasteiger partial charge in [0.1, 0.15) is 0 Å². The summed E-state index contributed by atoms with van der Waals surface area (Å²) in [5, 5.41) is 4.44. The molecule has 1 unspecified atom stereocenters. The van der Waals surface area contributed by atoms with Crippen LogP contribution in [0.5, 0.6) is 0 Å². The zero-order chi connectivity index (χ0) is 12.8. The Labute approximate surface area is 111 Å². The van der Waals surface area contributed by atoms with E-state index < -0.39 is 0 Å². The molecular formula is C15H24ClN. The molecule has 0 radical (unpaired) electrons. The van der Waals surface area contributed by atoms with Crippen molar-refractivity contribution in [2.75, 3.05) is 6.54 Å². The second-order valence-electron chi connectivity index (χ2n) is 4.61. The molecule has 0 fully saturated rings. The molecule has 0 aliphatic carbocycles. The van der Waals surface area contributed by atoms with E-state index in [2.05, 4.69) is 45.1 Å². The van der Waals surface area contributed by atoms with Crippen LogP contribution in [0.25, 0.3) is 0 Å². The Kier molecular flexibility index (Phi) is 6.01. The average molecular weight is 254 g/mol. The second kappa shape index (κ2) is 7.03. The average Bonchev–Trinajstić information content (AvgIpc) is 2.30. The summed E-state index contributed by atoms with van der Waals surface area (Å²) in [6.07, 6.45) is 2.41. The fourth-order valence-electron chi connectivity index (χ4n) is 2.50. The van der Waals surface area contributed by atoms with Crippen LogP contribution in [0, 0.1) is 12.8 Å². The van der Waals surface area contributed by atoms with Crippen LogP contribution >= 0.6 is 11.6 Å². The molecule has 0 saturated carbocycles. The predicted octanol–water partition coefficient (Wildman–Crippen LogP) is 4.74. The zero-order valence-corrected chi connectivity index (χ0v) is 12.1. The van der Waals surface area contributed by atoms with E-state index in [1.54, 1.807) is 0 Å². The standard InChI is InChI=1S/C15H24ClN/c1-5-12(6-2)15(17-7-3)14-9-8-13(16)10-11(14)4/h8-10,12,15,17H,5-7H2,1-4H3. The van der Waals surface area contributed by atoms with Gasteiger partial charge in [0.05, 0.1) is 0 Å². The summed E-state index contributed by atoms with van der Waals surface area (Å²) in [4.78, 5) is 0. The zero-order valence-electron chi connectivity index (χ0n) is 11.4. The summed E-state index contributed by atoms with van der Waals surface area (Å²) in [6, 6.07) is 6.68. The maximum absolute atomic E-state index is 6.03. The molecule has 0 saturated heterocycles. The van der Waals surface area contributed by atoms with Gasteiger partial charge in [0.15, 0.2) is 0 Å². The summed E-state index contributed by atoms with van der Waals surface area (Å²) in [5.41, 5.74) is 2.68. The Morgan fingerprint density at radius 3 is 2.29 bits per heavy atom. The molecule has 0 amide bonds. The van der Waals surface area contributed by atoms with Crippen molar-refractivity contribution < 1.29 is 0 Å². The van der Waals surface area contributed by atoms with Gasteiger partial charge in [0.25, 0.3) is 0 Å². The summed E-state index contributed by atoms with van der Waals surface area (Å²) in [6.45, 7) is 9.85. The van der Waals surface area contributed by atoms with Crippen molar-refractivity contribution in [1.29, 1.82) is 0 Å². The highest BCUT2D eigenvalue weighted by atomic mass is 35.5. The molecule has 1 atom stereocenters. The SMILES string of the molecule is CCNC(c1ccc(Cl)cc1C)C(CC)CC. The minimum atomic E-state index is 0.451. The highest BCUT2D eigenvalue weighted by molar-refractivity contribution is 6.30. The number of benzene rings is 1. The first-order valence-electron chi connectivity index (χ1n) is 6.63. The fourth-order valence-corrected chi connectivity index (χ4v) is 2.73. The smallest absolute Gasteiger partial charge is 0.0408 e. The third-order valence-corrected chi connectivity index (χ3v) is 3.75. The molecule has 0 spiro atoms. The van der Waals surface area contributed by atoms with Crippen LogP contribution in [-0.2, 0) is 0 Å². The van der Waals surface area contributed by atoms with Gasteiger partial charge < -0.3 is 5.32 Å². The van der Waals surface area contributed by atoms with Crippen molar-refractivity contribution in [3.05, 3.63) is 34.3 Å². The molecule has 0 heterocycles. The Balaban J connectivity index is 3.03. The maximum Gasteiger partial charge on any atom is 0.0408 e. The molecule has 17 heavy (non-hydrogen) atoms. The third kappa shape index (κ3) is 3.72. The number of hydrogen-bond acceptors (Lipinski definition) is 1. The minimum absolute atomic E-state index is 0.451. The topological polar surface area (TPSA) is 12.0 Å². The number of rotatable bonds is 6. The van der Waals surface area contributed by atoms with Crippen LogP contribution in [0.1, 0.15) is 50.8 Å². The lowest BCUT2D eigenvalue weighted by Gasteiger charge is -2.28. The maximum atomic E-state index is 6.03. The Morgan fingerprint density at radius 1 is 1.18 bits per heavy atom. The van der Waals surface area contributed by atoms with Gasteiger partial charge in [-0.2, -0.15) is 0 Å². The van der Waals surface area contributed by atoms with Crippen LogP contribution in [0.4, 0.5) is 0 Å². The molecule has 1 rings (SSSR count). The summed E-state index contributed by atoms with van der Waals surface area (Å²) >= 11 is 6.03. The van der Waals surface area contributed by atoms with Crippen LogP contribution in [0.2, 0.25) is 5.02 Å². The van der Waals surface area contributed by atoms with Crippen LogP contribution in [0.15, 0.2) is 18.2 Å². The molecule has 1 nitrogen and oxygen atoms in total. The molecule has 0 bridgehead atoms. The fraction of sp³-hybridized carbons (Fsp3) is 0.600. The van der Waals surface area contributed by atoms with Gasteiger partial charge in [-0.15, -0.1) is 0 Å². The first kappa shape index (κ1) is 14.5. The molecule has 2 heteroatoms. The summed E-state index contributed by atoms with van der Waals surface area (Å²) in [5.74, 6) is 0.690. The van der Waals surface area contributed by atoms with Gasteiger partial charge >= 0.3 is 0 Å². The van der Waals surface area contributed by atoms with E-state index >= 15 is 0 Å². The van der Waals surface area contributed by atoms with E-state index in [1.807, 2.05) is 6.07 Å². The largest absolute Gasteiger partial charge is 0.310 e. The van der Waals surface area contributed by atoms with Gasteiger partial charge in [0.2, 0.25) is 0 Å². The van der Waals surface area contributed by atoms with Gasteiger partial charge in [-0.1, -0.05) is 51.3 Å². The van der Waals surface area contributed by atoms with Gasteiger partial charge in [-0.3, -0.25) is 0 Å². The van der Waals surface area contributed by atoms with E-state index in [4.69, 9.17) is 11.6 Å². The normalized spacial score (nSPS) is 13.1.